The smallest absolute Gasteiger partial charge is 0.265 e. The highest BCUT2D eigenvalue weighted by atomic mass is 32.2. The molecule has 1 aromatic carbocycles. The van der Waals surface area contributed by atoms with Gasteiger partial charge in [-0.1, -0.05) is 31.1 Å². The first-order valence-electron chi connectivity index (χ1n) is 24.5. The number of benzene rings is 1. The molecule has 1 unspecified atom stereocenters. The van der Waals surface area contributed by atoms with Gasteiger partial charge in [0, 0.05) is 102 Å². The molecule has 0 radical (unpaired) electrons. The van der Waals surface area contributed by atoms with Crippen molar-refractivity contribution in [3.05, 3.63) is 47.2 Å². The van der Waals surface area contributed by atoms with Gasteiger partial charge >= 0.3 is 0 Å². The monoisotopic (exact) mass is 994 g/mol. The van der Waals surface area contributed by atoms with Gasteiger partial charge in [0.1, 0.15) is 17.9 Å². The maximum absolute atomic E-state index is 13.2. The van der Waals surface area contributed by atoms with Gasteiger partial charge in [0.25, 0.3) is 17.7 Å². The molecule has 3 N–H and O–H groups in total. The van der Waals surface area contributed by atoms with Crippen LogP contribution in [0.4, 0.5) is 11.8 Å². The molecule has 2 saturated heterocycles. The molecule has 2 aromatic rings. The third kappa shape index (κ3) is 16.2. The van der Waals surface area contributed by atoms with E-state index in [0.29, 0.717) is 64.3 Å². The van der Waals surface area contributed by atoms with Crippen molar-refractivity contribution in [2.45, 2.75) is 76.4 Å². The van der Waals surface area contributed by atoms with Crippen LogP contribution >= 0.6 is 12.1 Å². The molecule has 0 spiro atoms. The number of nitrogens with zero attached hydrogens (tertiary/aromatic N) is 7. The van der Waals surface area contributed by atoms with Gasteiger partial charge in [-0.05, 0) is 51.2 Å². The number of carbonyl (C=O) groups is 6. The molecular formula is C48H70N10O11S. The molecule has 3 aliphatic heterocycles. The third-order valence-electron chi connectivity index (χ3n) is 12.5. The van der Waals surface area contributed by atoms with Crippen LogP contribution in [0.5, 0.6) is 5.75 Å². The highest BCUT2D eigenvalue weighted by Gasteiger charge is 2.42. The van der Waals surface area contributed by atoms with Gasteiger partial charge in [0.2, 0.25) is 18.3 Å². The zero-order valence-electron chi connectivity index (χ0n) is 40.6. The van der Waals surface area contributed by atoms with Crippen molar-refractivity contribution >= 4 is 66.3 Å². The Hall–Kier alpha value is -5.07. The van der Waals surface area contributed by atoms with Crippen molar-refractivity contribution < 1.29 is 52.5 Å². The number of fused-ring (bicyclic) bond motifs is 1. The summed E-state index contributed by atoms with van der Waals surface area (Å²) >= 11 is 1.86. The van der Waals surface area contributed by atoms with Crippen LogP contribution in [0.3, 0.4) is 0 Å². The summed E-state index contributed by atoms with van der Waals surface area (Å²) in [6.07, 6.45) is 13.4. The normalized spacial score (nSPS) is 17.8. The van der Waals surface area contributed by atoms with Crippen molar-refractivity contribution in [1.29, 1.82) is 0 Å². The summed E-state index contributed by atoms with van der Waals surface area (Å²) in [5.41, 5.74) is 0.893. The van der Waals surface area contributed by atoms with Crippen LogP contribution in [0.15, 0.2) is 30.5 Å². The summed E-state index contributed by atoms with van der Waals surface area (Å²) in [7, 11) is 1.46. The van der Waals surface area contributed by atoms with Crippen molar-refractivity contribution in [3.8, 4) is 5.75 Å². The number of aromatic nitrogens is 2. The highest BCUT2D eigenvalue weighted by molar-refractivity contribution is 7.94. The van der Waals surface area contributed by atoms with Crippen LogP contribution in [0.1, 0.15) is 84.6 Å². The first kappa shape index (κ1) is 54.3. The fourth-order valence-corrected chi connectivity index (χ4v) is 9.71. The fourth-order valence-electron chi connectivity index (χ4n) is 8.68. The second-order valence-corrected chi connectivity index (χ2v) is 18.5. The van der Waals surface area contributed by atoms with Crippen molar-refractivity contribution in [2.24, 2.45) is 0 Å². The lowest BCUT2D eigenvalue weighted by Gasteiger charge is -2.38. The maximum Gasteiger partial charge on any atom is 0.265 e. The Morgan fingerprint density at radius 1 is 0.857 bits per heavy atom. The third-order valence-corrected chi connectivity index (χ3v) is 13.7. The Bertz CT molecular complexity index is 2050. The number of nitrogens with one attached hydrogen (secondary N) is 3. The van der Waals surface area contributed by atoms with Gasteiger partial charge in [-0.2, -0.15) is 4.98 Å². The van der Waals surface area contributed by atoms with Gasteiger partial charge in [-0.15, -0.1) is 0 Å². The highest BCUT2D eigenvalue weighted by Crippen LogP contribution is 2.33. The van der Waals surface area contributed by atoms with E-state index < -0.39 is 30.4 Å². The predicted molar refractivity (Wildman–Crippen MR) is 263 cm³/mol. The van der Waals surface area contributed by atoms with E-state index in [1.807, 2.05) is 37.4 Å². The molecule has 1 aliphatic carbocycles. The lowest BCUT2D eigenvalue weighted by atomic mass is 10.1. The number of piperazine rings is 1. The van der Waals surface area contributed by atoms with E-state index in [0.717, 1.165) is 101 Å². The van der Waals surface area contributed by atoms with E-state index in [1.54, 1.807) is 4.90 Å². The van der Waals surface area contributed by atoms with Gasteiger partial charge in [0.05, 0.1) is 70.0 Å². The first-order valence-corrected chi connectivity index (χ1v) is 25.2. The molecule has 384 valence electrons. The Kier molecular flexibility index (Phi) is 22.7. The molecular weight excluding hydrogens is 925 g/mol. The number of amides is 5. The lowest BCUT2D eigenvalue weighted by Crippen LogP contribution is -2.46. The number of anilines is 2. The molecule has 3 fully saturated rings. The summed E-state index contributed by atoms with van der Waals surface area (Å²) in [6, 6.07) is 3.80. The minimum atomic E-state index is -1.12. The second-order valence-electron chi connectivity index (χ2n) is 17.3. The summed E-state index contributed by atoms with van der Waals surface area (Å²) < 4.78 is 33.0. The zero-order valence-corrected chi connectivity index (χ0v) is 41.4. The largest absolute Gasteiger partial charge is 0.483 e. The fraction of sp³-hybridized carbons (Fsp3) is 0.625. The number of ether oxygens (including phenoxy) is 5. The Morgan fingerprint density at radius 3 is 2.19 bits per heavy atom. The average Bonchev–Trinajstić information content (AvgIpc) is 4.00. The van der Waals surface area contributed by atoms with Gasteiger partial charge in [-0.3, -0.25) is 38.7 Å². The summed E-state index contributed by atoms with van der Waals surface area (Å²) in [5, 5.41) is 8.67. The zero-order chi connectivity index (χ0) is 49.5. The second kappa shape index (κ2) is 29.3. The molecule has 0 bridgehead atoms. The van der Waals surface area contributed by atoms with E-state index in [2.05, 4.69) is 34.4 Å². The molecule has 21 nitrogen and oxygen atoms in total. The molecule has 5 amide bonds. The number of aldehydes is 1. The number of hydrogen-bond donors (Lipinski definition) is 3. The van der Waals surface area contributed by atoms with Gasteiger partial charge in [-0.25, -0.2) is 13.6 Å². The SMILES string of the molecule is C/C=C\c1cnc(NC2CCN(SN3CCN(CCOCCOCCOCCOCCNC(=O)COc4cccc5c4C(=O)N(C(C=O)CCC(=O)NC)C5=O)CC3)CC2)nc1N(C=O)C1CCCC1. The molecule has 1 aromatic heterocycles. The Balaban J connectivity index is 0.722. The number of carbonyl (C=O) groups excluding carboxylic acids is 6. The van der Waals surface area contributed by atoms with E-state index in [-0.39, 0.29) is 60.9 Å². The van der Waals surface area contributed by atoms with E-state index in [4.69, 9.17) is 28.7 Å². The van der Waals surface area contributed by atoms with Crippen molar-refractivity contribution in [2.75, 3.05) is 129 Å². The molecule has 4 aliphatic rings. The van der Waals surface area contributed by atoms with Crippen LogP contribution in [-0.2, 0) is 38.1 Å². The van der Waals surface area contributed by atoms with E-state index >= 15 is 0 Å². The molecule has 22 heteroatoms. The minimum Gasteiger partial charge on any atom is -0.483 e. The van der Waals surface area contributed by atoms with Gasteiger partial charge < -0.3 is 44.4 Å². The predicted octanol–water partition coefficient (Wildman–Crippen LogP) is 2.42. The van der Waals surface area contributed by atoms with Crippen LogP contribution in [0.2, 0.25) is 0 Å². The minimum absolute atomic E-state index is 0.0193. The topological polar surface area (TPSA) is 227 Å². The average molecular weight is 995 g/mol. The molecule has 4 heterocycles. The number of rotatable bonds is 31. The van der Waals surface area contributed by atoms with E-state index in [9.17, 15) is 28.8 Å². The van der Waals surface area contributed by atoms with E-state index in [1.165, 1.54) is 25.2 Å². The summed E-state index contributed by atoms with van der Waals surface area (Å²) in [5.74, 6) is -0.844. The Labute approximate surface area is 414 Å². The summed E-state index contributed by atoms with van der Waals surface area (Å²) in [6.45, 7) is 12.1. The van der Waals surface area contributed by atoms with Crippen molar-refractivity contribution in [3.63, 3.8) is 0 Å². The summed E-state index contributed by atoms with van der Waals surface area (Å²) in [4.78, 5) is 88.7. The number of allylic oxidation sites excluding steroid dienone is 1. The van der Waals surface area contributed by atoms with Crippen LogP contribution in [0, 0.1) is 0 Å². The van der Waals surface area contributed by atoms with Crippen molar-refractivity contribution in [1.82, 2.24) is 39.0 Å². The lowest BCUT2D eigenvalue weighted by molar-refractivity contribution is -0.123. The van der Waals surface area contributed by atoms with Crippen LogP contribution in [-0.4, -0.2) is 202 Å². The van der Waals surface area contributed by atoms with Gasteiger partial charge in [0.15, 0.2) is 6.61 Å². The number of imide groups is 1. The van der Waals surface area contributed by atoms with Crippen LogP contribution < -0.4 is 25.6 Å². The molecule has 6 rings (SSSR count). The molecule has 1 atom stereocenters. The number of hydrogen-bond acceptors (Lipinski definition) is 18. The Morgan fingerprint density at radius 2 is 1.53 bits per heavy atom. The quantitative estimate of drug-likeness (QED) is 0.0427. The van der Waals surface area contributed by atoms with Crippen LogP contribution in [0.25, 0.3) is 6.08 Å². The standard InChI is InChI=1S/C48H70N10O11S/c1-3-7-36-32-51-48(53-45(36)57(35-60)38-8-4-5-9-38)52-37-14-17-55(18-15-37)70-56-21-19-54(20-22-56)23-25-66-27-29-68-31-30-67-28-26-65-24-16-50-43(62)34-69-41-11-6-10-40-44(41)47(64)58(46(40)63)39(33-59)12-13-42(61)49-2/h3,6-7,10-11,32-33,35,37-39H,4-5,8-9,12-31,34H2,1-2H3,(H,49,61)(H,50,62)(H,51,52,53)/b7-3-. The molecule has 1 saturated carbocycles. The maximum atomic E-state index is 13.2. The molecule has 70 heavy (non-hydrogen) atoms. The first-order chi connectivity index (χ1) is 34.2. The number of piperidine rings is 1.